The summed E-state index contributed by atoms with van der Waals surface area (Å²) >= 11 is 0. The predicted octanol–water partition coefficient (Wildman–Crippen LogP) is -0.184. The zero-order chi connectivity index (χ0) is 7.84. The Morgan fingerprint density at radius 1 is 1.64 bits per heavy atom. The lowest BCUT2D eigenvalue weighted by Crippen LogP contribution is -2.18. The number of rotatable bonds is 0. The molecule has 1 aliphatic heterocycles. The number of carbonyl (C=O) groups is 1. The third kappa shape index (κ3) is 0.798. The van der Waals surface area contributed by atoms with E-state index in [2.05, 4.69) is 10.3 Å². The van der Waals surface area contributed by atoms with E-state index >= 15 is 0 Å². The van der Waals surface area contributed by atoms with Crippen LogP contribution >= 0.6 is 0 Å². The Morgan fingerprint density at radius 3 is 3.18 bits per heavy atom. The van der Waals surface area contributed by atoms with Crippen molar-refractivity contribution in [3.63, 3.8) is 0 Å². The number of hydrogen-bond donors (Lipinski definition) is 2. The summed E-state index contributed by atoms with van der Waals surface area (Å²) in [6, 6.07) is 3.35. The quantitative estimate of drug-likeness (QED) is 0.539. The number of nitrogens with one attached hydrogen (secondary N) is 1. The molecule has 0 aliphatic carbocycles. The Labute approximate surface area is 62.9 Å². The zero-order valence-electron chi connectivity index (χ0n) is 5.61. The van der Waals surface area contributed by atoms with Crippen LogP contribution in [0, 0.1) is 0 Å². The van der Waals surface area contributed by atoms with E-state index in [0.717, 1.165) is 0 Å². The summed E-state index contributed by atoms with van der Waals surface area (Å²) in [6.45, 7) is 0. The molecule has 2 N–H and O–H groups in total. The van der Waals surface area contributed by atoms with Gasteiger partial charge in [-0.25, -0.2) is 0 Å². The van der Waals surface area contributed by atoms with Gasteiger partial charge in [0.25, 0.3) is 5.91 Å². The summed E-state index contributed by atoms with van der Waals surface area (Å²) in [7, 11) is 0. The van der Waals surface area contributed by atoms with E-state index in [1.54, 1.807) is 12.1 Å². The number of pyridine rings is 1. The molecule has 0 bridgehead atoms. The van der Waals surface area contributed by atoms with Gasteiger partial charge in [0.2, 0.25) is 0 Å². The van der Waals surface area contributed by atoms with E-state index in [0.29, 0.717) is 11.3 Å². The van der Waals surface area contributed by atoms with Gasteiger partial charge in [0.1, 0.15) is 5.69 Å². The minimum Gasteiger partial charge on any atom is -0.369 e. The van der Waals surface area contributed by atoms with Crippen LogP contribution in [0.15, 0.2) is 18.3 Å². The highest BCUT2D eigenvalue weighted by molar-refractivity contribution is 5.96. The summed E-state index contributed by atoms with van der Waals surface area (Å²) < 4.78 is 0. The van der Waals surface area contributed by atoms with Crippen LogP contribution in [0.3, 0.4) is 0 Å². The second-order valence-corrected chi connectivity index (χ2v) is 2.32. The van der Waals surface area contributed by atoms with Crippen molar-refractivity contribution in [2.24, 2.45) is 0 Å². The highest BCUT2D eigenvalue weighted by Gasteiger charge is 2.27. The molecule has 11 heavy (non-hydrogen) atoms. The molecule has 0 saturated heterocycles. The van der Waals surface area contributed by atoms with Crippen molar-refractivity contribution in [1.82, 2.24) is 10.3 Å². The minimum absolute atomic E-state index is 0.312. The van der Waals surface area contributed by atoms with Crippen molar-refractivity contribution in [3.05, 3.63) is 29.6 Å². The fourth-order valence-electron chi connectivity index (χ4n) is 1.10. The van der Waals surface area contributed by atoms with Crippen LogP contribution in [0.1, 0.15) is 22.3 Å². The lowest BCUT2D eigenvalue weighted by molar-refractivity contribution is 0.0848. The van der Waals surface area contributed by atoms with Gasteiger partial charge in [-0.2, -0.15) is 0 Å². The molecule has 0 spiro atoms. The lowest BCUT2D eigenvalue weighted by atomic mass is 10.2. The molecule has 1 aromatic heterocycles. The lowest BCUT2D eigenvalue weighted by Gasteiger charge is -1.99. The molecular weight excluding hydrogens is 144 g/mol. The molecule has 2 rings (SSSR count). The summed E-state index contributed by atoms with van der Waals surface area (Å²) in [6.07, 6.45) is 0.641. The second kappa shape index (κ2) is 2.03. The zero-order valence-corrected chi connectivity index (χ0v) is 5.61. The third-order valence-electron chi connectivity index (χ3n) is 1.62. The van der Waals surface area contributed by atoms with Crippen molar-refractivity contribution >= 4 is 5.91 Å². The van der Waals surface area contributed by atoms with Crippen LogP contribution in [0.5, 0.6) is 0 Å². The number of nitrogens with zero attached hydrogens (tertiary/aromatic N) is 1. The maximum absolute atomic E-state index is 10.9. The van der Waals surface area contributed by atoms with Gasteiger partial charge in [0.15, 0.2) is 6.23 Å². The number of aliphatic hydroxyl groups excluding tert-OH is 1. The smallest absolute Gasteiger partial charge is 0.272 e. The topological polar surface area (TPSA) is 62.2 Å². The van der Waals surface area contributed by atoms with Crippen LogP contribution in [-0.2, 0) is 0 Å². The minimum atomic E-state index is -0.883. The molecular formula is C7H6N2O2. The van der Waals surface area contributed by atoms with Crippen molar-refractivity contribution in [2.45, 2.75) is 6.23 Å². The van der Waals surface area contributed by atoms with E-state index in [1.807, 2.05) is 0 Å². The van der Waals surface area contributed by atoms with Gasteiger partial charge in [0.05, 0.1) is 0 Å². The van der Waals surface area contributed by atoms with Crippen LogP contribution in [0.2, 0.25) is 0 Å². The van der Waals surface area contributed by atoms with Crippen LogP contribution in [0.4, 0.5) is 0 Å². The van der Waals surface area contributed by atoms with Crippen LogP contribution < -0.4 is 5.32 Å². The van der Waals surface area contributed by atoms with Crippen molar-refractivity contribution in [3.8, 4) is 0 Å². The molecule has 4 nitrogen and oxygen atoms in total. The standard InChI is InChI=1S/C7H6N2O2/c10-6-4-2-1-3-8-5(4)7(11)9-6/h1-3,6,10H,(H,9,11)/t6-/m1/s1. The maximum atomic E-state index is 10.9. The van der Waals surface area contributed by atoms with E-state index < -0.39 is 6.23 Å². The van der Waals surface area contributed by atoms with Gasteiger partial charge >= 0.3 is 0 Å². The number of aromatic nitrogens is 1. The number of aliphatic hydroxyl groups is 1. The fourth-order valence-corrected chi connectivity index (χ4v) is 1.10. The molecule has 1 amide bonds. The third-order valence-corrected chi connectivity index (χ3v) is 1.62. The van der Waals surface area contributed by atoms with Gasteiger partial charge in [-0.05, 0) is 6.07 Å². The Bertz CT molecular complexity index is 311. The first kappa shape index (κ1) is 6.30. The predicted molar refractivity (Wildman–Crippen MR) is 36.7 cm³/mol. The first-order chi connectivity index (χ1) is 5.29. The Morgan fingerprint density at radius 2 is 2.45 bits per heavy atom. The molecule has 0 radical (unpaired) electrons. The Kier molecular flexibility index (Phi) is 1.16. The number of amides is 1. The number of carbonyl (C=O) groups excluding carboxylic acids is 1. The highest BCUT2D eigenvalue weighted by atomic mass is 16.3. The summed E-state index contributed by atoms with van der Waals surface area (Å²) in [5.74, 6) is -0.312. The molecule has 0 aromatic carbocycles. The largest absolute Gasteiger partial charge is 0.369 e. The molecule has 0 fully saturated rings. The van der Waals surface area contributed by atoms with E-state index in [9.17, 15) is 9.90 Å². The Hall–Kier alpha value is -1.42. The normalized spacial score (nSPS) is 21.2. The monoisotopic (exact) mass is 150 g/mol. The SMILES string of the molecule is O=C1N[C@H](O)c2cccnc21. The molecule has 4 heteroatoms. The number of fused-ring (bicyclic) bond motifs is 1. The molecule has 0 unspecified atom stereocenters. The summed E-state index contributed by atoms with van der Waals surface area (Å²) in [4.78, 5) is 14.8. The molecule has 0 saturated carbocycles. The van der Waals surface area contributed by atoms with Gasteiger partial charge < -0.3 is 10.4 Å². The highest BCUT2D eigenvalue weighted by Crippen LogP contribution is 2.19. The van der Waals surface area contributed by atoms with Crippen LogP contribution in [0.25, 0.3) is 0 Å². The van der Waals surface area contributed by atoms with E-state index in [4.69, 9.17) is 0 Å². The van der Waals surface area contributed by atoms with Gasteiger partial charge in [-0.15, -0.1) is 0 Å². The van der Waals surface area contributed by atoms with Crippen molar-refractivity contribution in [1.29, 1.82) is 0 Å². The number of hydrogen-bond acceptors (Lipinski definition) is 3. The maximum Gasteiger partial charge on any atom is 0.272 e. The van der Waals surface area contributed by atoms with Gasteiger partial charge in [-0.1, -0.05) is 6.07 Å². The molecule has 1 atom stereocenters. The summed E-state index contributed by atoms with van der Waals surface area (Å²) in [5, 5.41) is 11.5. The average molecular weight is 150 g/mol. The van der Waals surface area contributed by atoms with Crippen molar-refractivity contribution < 1.29 is 9.90 Å². The van der Waals surface area contributed by atoms with Gasteiger partial charge in [-0.3, -0.25) is 9.78 Å². The van der Waals surface area contributed by atoms with Gasteiger partial charge in [0, 0.05) is 11.8 Å². The first-order valence-electron chi connectivity index (χ1n) is 3.23. The van der Waals surface area contributed by atoms with E-state index in [1.165, 1.54) is 6.20 Å². The molecule has 1 aromatic rings. The Balaban J connectivity index is 2.60. The van der Waals surface area contributed by atoms with Crippen molar-refractivity contribution in [2.75, 3.05) is 0 Å². The van der Waals surface area contributed by atoms with Crippen LogP contribution in [-0.4, -0.2) is 16.0 Å². The fraction of sp³-hybridized carbons (Fsp3) is 0.143. The van der Waals surface area contributed by atoms with E-state index in [-0.39, 0.29) is 5.91 Å². The molecule has 2 heterocycles. The second-order valence-electron chi connectivity index (χ2n) is 2.32. The molecule has 1 aliphatic rings. The first-order valence-corrected chi connectivity index (χ1v) is 3.23. The molecule has 56 valence electrons. The summed E-state index contributed by atoms with van der Waals surface area (Å²) in [5.41, 5.74) is 0.873. The average Bonchev–Trinajstić information content (AvgIpc) is 2.30.